The van der Waals surface area contributed by atoms with Crippen molar-refractivity contribution in [2.45, 2.75) is 11.7 Å². The summed E-state index contributed by atoms with van der Waals surface area (Å²) < 4.78 is 5.49. The Morgan fingerprint density at radius 3 is 2.82 bits per heavy atom. The van der Waals surface area contributed by atoms with Crippen molar-refractivity contribution in [3.63, 3.8) is 0 Å². The van der Waals surface area contributed by atoms with Crippen LogP contribution in [-0.2, 0) is 4.79 Å². The highest BCUT2D eigenvalue weighted by Crippen LogP contribution is 2.34. The third kappa shape index (κ3) is 3.83. The fraction of sp³-hybridized carbons (Fsp3) is 0.278. The minimum Gasteiger partial charge on any atom is -0.468 e. The van der Waals surface area contributed by atoms with Crippen LogP contribution in [0, 0.1) is 0 Å². The highest BCUT2D eigenvalue weighted by molar-refractivity contribution is 7.99. The summed E-state index contributed by atoms with van der Waals surface area (Å²) in [5.41, 5.74) is 1.05. The SMILES string of the molecule is O=C(/C=C/c1ccccc1)N1CCS[C@H](c2ccco2)CC1. The van der Waals surface area contributed by atoms with Gasteiger partial charge in [0.1, 0.15) is 5.76 Å². The molecule has 1 amide bonds. The van der Waals surface area contributed by atoms with Gasteiger partial charge in [0.2, 0.25) is 5.91 Å². The van der Waals surface area contributed by atoms with Crippen molar-refractivity contribution in [1.29, 1.82) is 0 Å². The molecule has 1 atom stereocenters. The maximum absolute atomic E-state index is 12.3. The molecule has 1 aromatic carbocycles. The van der Waals surface area contributed by atoms with Gasteiger partial charge in [-0.15, -0.1) is 11.8 Å². The smallest absolute Gasteiger partial charge is 0.246 e. The lowest BCUT2D eigenvalue weighted by Crippen LogP contribution is -2.31. The molecule has 1 aliphatic rings. The molecule has 2 aromatic rings. The van der Waals surface area contributed by atoms with E-state index < -0.39 is 0 Å². The van der Waals surface area contributed by atoms with Crippen molar-refractivity contribution in [1.82, 2.24) is 4.90 Å². The van der Waals surface area contributed by atoms with Crippen molar-refractivity contribution in [2.24, 2.45) is 0 Å². The third-order valence-electron chi connectivity index (χ3n) is 3.73. The van der Waals surface area contributed by atoms with E-state index in [0.717, 1.165) is 36.6 Å². The fourth-order valence-electron chi connectivity index (χ4n) is 2.53. The molecule has 22 heavy (non-hydrogen) atoms. The molecule has 1 aromatic heterocycles. The number of thioether (sulfide) groups is 1. The summed E-state index contributed by atoms with van der Waals surface area (Å²) in [6, 6.07) is 13.8. The predicted molar refractivity (Wildman–Crippen MR) is 90.6 cm³/mol. The van der Waals surface area contributed by atoms with E-state index in [9.17, 15) is 4.79 Å². The van der Waals surface area contributed by atoms with Crippen LogP contribution in [0.25, 0.3) is 6.08 Å². The van der Waals surface area contributed by atoms with Crippen LogP contribution in [0.1, 0.15) is 23.0 Å². The van der Waals surface area contributed by atoms with Gasteiger partial charge in [-0.25, -0.2) is 0 Å². The van der Waals surface area contributed by atoms with Crippen molar-refractivity contribution in [3.05, 3.63) is 66.1 Å². The summed E-state index contributed by atoms with van der Waals surface area (Å²) in [6.45, 7) is 1.57. The van der Waals surface area contributed by atoms with E-state index >= 15 is 0 Å². The highest BCUT2D eigenvalue weighted by atomic mass is 32.2. The molecule has 2 heterocycles. The number of amides is 1. The first kappa shape index (κ1) is 15.0. The molecule has 0 saturated carbocycles. The Hall–Kier alpha value is -1.94. The normalized spacial score (nSPS) is 19.3. The van der Waals surface area contributed by atoms with E-state index in [2.05, 4.69) is 0 Å². The van der Waals surface area contributed by atoms with Gasteiger partial charge in [0.05, 0.1) is 11.5 Å². The van der Waals surface area contributed by atoms with Crippen LogP contribution in [0.15, 0.2) is 59.2 Å². The molecule has 4 heteroatoms. The molecule has 1 saturated heterocycles. The number of hydrogen-bond acceptors (Lipinski definition) is 3. The second kappa shape index (κ2) is 7.36. The molecule has 3 nitrogen and oxygen atoms in total. The lowest BCUT2D eigenvalue weighted by Gasteiger charge is -2.18. The molecular weight excluding hydrogens is 294 g/mol. The number of nitrogens with zero attached hydrogens (tertiary/aromatic N) is 1. The van der Waals surface area contributed by atoms with E-state index in [1.807, 2.05) is 65.2 Å². The van der Waals surface area contributed by atoms with Crippen LogP contribution in [0.4, 0.5) is 0 Å². The van der Waals surface area contributed by atoms with Crippen LogP contribution in [0.2, 0.25) is 0 Å². The lowest BCUT2D eigenvalue weighted by atomic mass is 10.2. The first-order chi connectivity index (χ1) is 10.8. The van der Waals surface area contributed by atoms with Crippen LogP contribution in [0.5, 0.6) is 0 Å². The molecule has 0 radical (unpaired) electrons. The van der Waals surface area contributed by atoms with Crippen molar-refractivity contribution >= 4 is 23.7 Å². The summed E-state index contributed by atoms with van der Waals surface area (Å²) >= 11 is 1.87. The highest BCUT2D eigenvalue weighted by Gasteiger charge is 2.22. The Morgan fingerprint density at radius 2 is 2.05 bits per heavy atom. The first-order valence-electron chi connectivity index (χ1n) is 7.50. The number of carbonyl (C=O) groups is 1. The van der Waals surface area contributed by atoms with E-state index in [4.69, 9.17) is 4.42 Å². The van der Waals surface area contributed by atoms with Gasteiger partial charge in [0.15, 0.2) is 0 Å². The molecule has 114 valence electrons. The van der Waals surface area contributed by atoms with Gasteiger partial charge < -0.3 is 9.32 Å². The van der Waals surface area contributed by atoms with Crippen LogP contribution >= 0.6 is 11.8 Å². The number of furan rings is 1. The molecule has 1 fully saturated rings. The summed E-state index contributed by atoms with van der Waals surface area (Å²) in [5.74, 6) is 2.04. The summed E-state index contributed by atoms with van der Waals surface area (Å²) in [7, 11) is 0. The Morgan fingerprint density at radius 1 is 1.18 bits per heavy atom. The zero-order valence-electron chi connectivity index (χ0n) is 12.4. The molecule has 0 aliphatic carbocycles. The van der Waals surface area contributed by atoms with Gasteiger partial charge in [-0.2, -0.15) is 0 Å². The maximum Gasteiger partial charge on any atom is 0.246 e. The van der Waals surface area contributed by atoms with Gasteiger partial charge in [0.25, 0.3) is 0 Å². The van der Waals surface area contributed by atoms with Gasteiger partial charge in [-0.3, -0.25) is 4.79 Å². The predicted octanol–water partition coefficient (Wildman–Crippen LogP) is 4.00. The van der Waals surface area contributed by atoms with E-state index in [0.29, 0.717) is 5.25 Å². The average molecular weight is 313 g/mol. The maximum atomic E-state index is 12.3. The molecule has 0 N–H and O–H groups in total. The topological polar surface area (TPSA) is 33.5 Å². The zero-order valence-corrected chi connectivity index (χ0v) is 13.2. The van der Waals surface area contributed by atoms with Gasteiger partial charge in [0, 0.05) is 24.9 Å². The molecular formula is C18H19NO2S. The fourth-order valence-corrected chi connectivity index (χ4v) is 3.71. The molecule has 0 unspecified atom stereocenters. The molecule has 0 bridgehead atoms. The zero-order chi connectivity index (χ0) is 15.2. The Balaban J connectivity index is 1.58. The van der Waals surface area contributed by atoms with Gasteiger partial charge >= 0.3 is 0 Å². The van der Waals surface area contributed by atoms with E-state index in [-0.39, 0.29) is 5.91 Å². The lowest BCUT2D eigenvalue weighted by molar-refractivity contribution is -0.125. The summed E-state index contributed by atoms with van der Waals surface area (Å²) in [4.78, 5) is 14.2. The van der Waals surface area contributed by atoms with E-state index in [1.54, 1.807) is 12.3 Å². The van der Waals surface area contributed by atoms with Crippen molar-refractivity contribution in [2.75, 3.05) is 18.8 Å². The Kier molecular flexibility index (Phi) is 5.01. The van der Waals surface area contributed by atoms with Crippen LogP contribution in [0.3, 0.4) is 0 Å². The quantitative estimate of drug-likeness (QED) is 0.803. The largest absolute Gasteiger partial charge is 0.468 e. The van der Waals surface area contributed by atoms with Crippen LogP contribution < -0.4 is 0 Å². The number of rotatable bonds is 3. The van der Waals surface area contributed by atoms with Crippen molar-refractivity contribution in [3.8, 4) is 0 Å². The van der Waals surface area contributed by atoms with Gasteiger partial charge in [-0.1, -0.05) is 30.3 Å². The Bertz CT molecular complexity index is 622. The van der Waals surface area contributed by atoms with Crippen LogP contribution in [-0.4, -0.2) is 29.6 Å². The first-order valence-corrected chi connectivity index (χ1v) is 8.55. The second-order valence-corrected chi connectivity index (χ2v) is 6.54. The summed E-state index contributed by atoms with van der Waals surface area (Å²) in [5, 5.41) is 0.353. The second-order valence-electron chi connectivity index (χ2n) is 5.23. The van der Waals surface area contributed by atoms with Crippen molar-refractivity contribution < 1.29 is 9.21 Å². The average Bonchev–Trinajstić information content (AvgIpc) is 2.98. The van der Waals surface area contributed by atoms with Gasteiger partial charge in [-0.05, 0) is 30.2 Å². The minimum absolute atomic E-state index is 0.0875. The molecule has 0 spiro atoms. The number of carbonyl (C=O) groups excluding carboxylic acids is 1. The standard InChI is InChI=1S/C18H19NO2S/c20-18(9-8-15-5-2-1-3-6-15)19-11-10-17(22-14-12-19)16-7-4-13-21-16/h1-9,13,17H,10-12,14H2/b9-8+/t17-/m0/s1. The minimum atomic E-state index is 0.0875. The Labute approximate surface area is 135 Å². The third-order valence-corrected chi connectivity index (χ3v) is 5.02. The summed E-state index contributed by atoms with van der Waals surface area (Å²) in [6.07, 6.45) is 6.20. The monoisotopic (exact) mass is 313 g/mol. The van der Waals surface area contributed by atoms with E-state index in [1.165, 1.54) is 0 Å². The molecule has 3 rings (SSSR count). The molecule has 1 aliphatic heterocycles. The number of hydrogen-bond donors (Lipinski definition) is 0. The number of benzene rings is 1.